The molecule has 2 aliphatic heterocycles. The number of rotatable bonds is 3. The standard InChI is InChI=1S/C16H22FNO2/c1-16(2,17)13-9-15-14(19-10-20-15)8-12(13)7-11-3-5-18-6-4-11/h8-9,11,18H,3-7,10H2,1-2H3. The van der Waals surface area contributed by atoms with E-state index >= 15 is 0 Å². The summed E-state index contributed by atoms with van der Waals surface area (Å²) in [6.45, 7) is 5.57. The lowest BCUT2D eigenvalue weighted by molar-refractivity contribution is 0.173. The maximum Gasteiger partial charge on any atom is 0.231 e. The van der Waals surface area contributed by atoms with E-state index in [4.69, 9.17) is 9.47 Å². The highest BCUT2D eigenvalue weighted by molar-refractivity contribution is 5.50. The molecular formula is C16H22FNO2. The highest BCUT2D eigenvalue weighted by Crippen LogP contribution is 2.40. The van der Waals surface area contributed by atoms with Crippen LogP contribution in [0.5, 0.6) is 11.5 Å². The molecule has 2 aliphatic rings. The first kappa shape index (κ1) is 13.7. The number of hydrogen-bond donors (Lipinski definition) is 1. The van der Waals surface area contributed by atoms with Gasteiger partial charge in [0, 0.05) is 0 Å². The second-order valence-electron chi connectivity index (χ2n) is 6.23. The minimum absolute atomic E-state index is 0.234. The summed E-state index contributed by atoms with van der Waals surface area (Å²) < 4.78 is 25.3. The van der Waals surface area contributed by atoms with Gasteiger partial charge in [-0.3, -0.25) is 0 Å². The predicted octanol–water partition coefficient (Wildman–Crippen LogP) is 3.16. The van der Waals surface area contributed by atoms with Gasteiger partial charge in [-0.25, -0.2) is 4.39 Å². The fourth-order valence-electron chi connectivity index (χ4n) is 3.10. The van der Waals surface area contributed by atoms with Gasteiger partial charge in [0.1, 0.15) is 5.67 Å². The van der Waals surface area contributed by atoms with Crippen LogP contribution >= 0.6 is 0 Å². The van der Waals surface area contributed by atoms with E-state index in [2.05, 4.69) is 5.32 Å². The molecule has 0 aliphatic carbocycles. The van der Waals surface area contributed by atoms with Gasteiger partial charge < -0.3 is 14.8 Å². The topological polar surface area (TPSA) is 30.5 Å². The van der Waals surface area contributed by atoms with Crippen LogP contribution in [0.2, 0.25) is 0 Å². The Bertz CT molecular complexity index is 490. The van der Waals surface area contributed by atoms with Gasteiger partial charge >= 0.3 is 0 Å². The van der Waals surface area contributed by atoms with E-state index in [1.807, 2.05) is 12.1 Å². The normalized spacial score (nSPS) is 19.4. The quantitative estimate of drug-likeness (QED) is 0.922. The molecule has 3 nitrogen and oxygen atoms in total. The van der Waals surface area contributed by atoms with Crippen molar-refractivity contribution in [3.8, 4) is 11.5 Å². The lowest BCUT2D eigenvalue weighted by Gasteiger charge is -2.26. The minimum atomic E-state index is -1.36. The van der Waals surface area contributed by atoms with Crippen molar-refractivity contribution in [3.05, 3.63) is 23.3 Å². The molecule has 0 radical (unpaired) electrons. The number of hydrogen-bond acceptors (Lipinski definition) is 3. The van der Waals surface area contributed by atoms with Gasteiger partial charge in [0.2, 0.25) is 6.79 Å². The Kier molecular flexibility index (Phi) is 3.59. The molecule has 0 spiro atoms. The third-order valence-electron chi connectivity index (χ3n) is 4.21. The molecule has 0 atom stereocenters. The fraction of sp³-hybridized carbons (Fsp3) is 0.625. The summed E-state index contributed by atoms with van der Waals surface area (Å²) in [6.07, 6.45) is 3.22. The van der Waals surface area contributed by atoms with Crippen LogP contribution in [-0.4, -0.2) is 19.9 Å². The van der Waals surface area contributed by atoms with Crippen LogP contribution in [0, 0.1) is 5.92 Å². The van der Waals surface area contributed by atoms with Crippen LogP contribution in [0.3, 0.4) is 0 Å². The molecule has 0 saturated carbocycles. The van der Waals surface area contributed by atoms with Crippen molar-refractivity contribution in [1.82, 2.24) is 5.32 Å². The molecular weight excluding hydrogens is 257 g/mol. The molecule has 1 aromatic carbocycles. The number of halogens is 1. The predicted molar refractivity (Wildman–Crippen MR) is 76.0 cm³/mol. The van der Waals surface area contributed by atoms with Gasteiger partial charge in [0.25, 0.3) is 0 Å². The van der Waals surface area contributed by atoms with Crippen molar-refractivity contribution in [2.24, 2.45) is 5.92 Å². The number of piperidine rings is 1. The molecule has 0 aromatic heterocycles. The zero-order valence-electron chi connectivity index (χ0n) is 12.2. The molecule has 0 unspecified atom stereocenters. The van der Waals surface area contributed by atoms with E-state index in [-0.39, 0.29) is 6.79 Å². The Balaban J connectivity index is 1.91. The summed E-state index contributed by atoms with van der Waals surface area (Å²) in [4.78, 5) is 0. The summed E-state index contributed by atoms with van der Waals surface area (Å²) in [5.74, 6) is 2.04. The highest BCUT2D eigenvalue weighted by Gasteiger charge is 2.28. The Morgan fingerprint density at radius 2 is 1.85 bits per heavy atom. The Morgan fingerprint density at radius 3 is 2.50 bits per heavy atom. The third kappa shape index (κ3) is 2.75. The molecule has 1 aromatic rings. The first-order valence-electron chi connectivity index (χ1n) is 7.36. The number of ether oxygens (including phenoxy) is 2. The Hall–Kier alpha value is -1.29. The lowest BCUT2D eigenvalue weighted by atomic mass is 9.85. The van der Waals surface area contributed by atoms with Crippen LogP contribution in [0.25, 0.3) is 0 Å². The van der Waals surface area contributed by atoms with Gasteiger partial charge in [-0.1, -0.05) is 0 Å². The molecule has 0 bridgehead atoms. The van der Waals surface area contributed by atoms with Crippen molar-refractivity contribution in [2.75, 3.05) is 19.9 Å². The Labute approximate surface area is 119 Å². The molecule has 1 saturated heterocycles. The smallest absolute Gasteiger partial charge is 0.231 e. The van der Waals surface area contributed by atoms with E-state index in [0.717, 1.165) is 49.2 Å². The van der Waals surface area contributed by atoms with Crippen molar-refractivity contribution in [1.29, 1.82) is 0 Å². The average molecular weight is 279 g/mol. The van der Waals surface area contributed by atoms with Crippen molar-refractivity contribution in [3.63, 3.8) is 0 Å². The van der Waals surface area contributed by atoms with Crippen LogP contribution in [0.1, 0.15) is 37.8 Å². The highest BCUT2D eigenvalue weighted by atomic mass is 19.1. The first-order valence-corrected chi connectivity index (χ1v) is 7.36. The average Bonchev–Trinajstić information content (AvgIpc) is 2.85. The van der Waals surface area contributed by atoms with Gasteiger partial charge in [-0.15, -0.1) is 0 Å². The Morgan fingerprint density at radius 1 is 1.20 bits per heavy atom. The molecule has 20 heavy (non-hydrogen) atoms. The van der Waals surface area contributed by atoms with E-state index in [1.165, 1.54) is 0 Å². The molecule has 3 rings (SSSR count). The number of alkyl halides is 1. The van der Waals surface area contributed by atoms with Gasteiger partial charge in [0.15, 0.2) is 11.5 Å². The third-order valence-corrected chi connectivity index (χ3v) is 4.21. The monoisotopic (exact) mass is 279 g/mol. The largest absolute Gasteiger partial charge is 0.454 e. The second-order valence-corrected chi connectivity index (χ2v) is 6.23. The van der Waals surface area contributed by atoms with Crippen molar-refractivity contribution >= 4 is 0 Å². The molecule has 4 heteroatoms. The fourth-order valence-corrected chi connectivity index (χ4v) is 3.10. The first-order chi connectivity index (χ1) is 9.54. The molecule has 1 N–H and O–H groups in total. The molecule has 0 amide bonds. The van der Waals surface area contributed by atoms with Crippen LogP contribution in [-0.2, 0) is 12.1 Å². The molecule has 2 heterocycles. The summed E-state index contributed by atoms with van der Waals surface area (Å²) in [5.41, 5.74) is 0.442. The van der Waals surface area contributed by atoms with E-state index in [1.54, 1.807) is 13.8 Å². The van der Waals surface area contributed by atoms with E-state index in [9.17, 15) is 4.39 Å². The molecule has 1 fully saturated rings. The van der Waals surface area contributed by atoms with Gasteiger partial charge in [-0.2, -0.15) is 0 Å². The minimum Gasteiger partial charge on any atom is -0.454 e. The van der Waals surface area contributed by atoms with E-state index in [0.29, 0.717) is 11.7 Å². The van der Waals surface area contributed by atoms with E-state index < -0.39 is 5.67 Å². The second kappa shape index (κ2) is 5.24. The van der Waals surface area contributed by atoms with Crippen LogP contribution in [0.15, 0.2) is 12.1 Å². The number of benzene rings is 1. The van der Waals surface area contributed by atoms with Crippen LogP contribution in [0.4, 0.5) is 4.39 Å². The SMILES string of the molecule is CC(C)(F)c1cc2c(cc1CC1CCNCC1)OCO2. The van der Waals surface area contributed by atoms with Crippen molar-refractivity contribution < 1.29 is 13.9 Å². The summed E-state index contributed by atoms with van der Waals surface area (Å²) in [5, 5.41) is 3.37. The lowest BCUT2D eigenvalue weighted by Crippen LogP contribution is -2.29. The van der Waals surface area contributed by atoms with Gasteiger partial charge in [-0.05, 0) is 75.4 Å². The van der Waals surface area contributed by atoms with Crippen LogP contribution < -0.4 is 14.8 Å². The number of nitrogens with one attached hydrogen (secondary N) is 1. The zero-order chi connectivity index (χ0) is 14.2. The van der Waals surface area contributed by atoms with Crippen molar-refractivity contribution in [2.45, 2.75) is 38.8 Å². The summed E-state index contributed by atoms with van der Waals surface area (Å²) in [7, 11) is 0. The molecule has 110 valence electrons. The van der Waals surface area contributed by atoms with Gasteiger partial charge in [0.05, 0.1) is 0 Å². The summed E-state index contributed by atoms with van der Waals surface area (Å²) in [6, 6.07) is 3.79. The zero-order valence-corrected chi connectivity index (χ0v) is 12.2. The maximum atomic E-state index is 14.5. The maximum absolute atomic E-state index is 14.5. The number of fused-ring (bicyclic) bond motifs is 1. The summed E-state index contributed by atoms with van der Waals surface area (Å²) >= 11 is 0.